The average molecular weight is 366 g/mol. The Morgan fingerprint density at radius 3 is 2.56 bits per heavy atom. The third kappa shape index (κ3) is 1.89. The Bertz CT molecular complexity index is 637. The Labute approximate surface area is 122 Å². The molecule has 2 nitrogen and oxygen atoms in total. The van der Waals surface area contributed by atoms with Gasteiger partial charge in [0.25, 0.3) is 0 Å². The van der Waals surface area contributed by atoms with Crippen LogP contribution < -0.4 is 4.90 Å². The minimum Gasteiger partial charge on any atom is -0.321 e. The van der Waals surface area contributed by atoms with Crippen molar-refractivity contribution in [1.82, 2.24) is 0 Å². The second-order valence-corrected chi connectivity index (χ2v) is 5.96. The van der Waals surface area contributed by atoms with Gasteiger partial charge in [-0.05, 0) is 39.7 Å². The van der Waals surface area contributed by atoms with Crippen LogP contribution in [-0.4, -0.2) is 5.84 Å². The van der Waals surface area contributed by atoms with Crippen molar-refractivity contribution >= 4 is 43.4 Å². The summed E-state index contributed by atoms with van der Waals surface area (Å²) in [7, 11) is 0. The van der Waals surface area contributed by atoms with Crippen molar-refractivity contribution in [2.24, 2.45) is 0 Å². The lowest BCUT2D eigenvalue weighted by Gasteiger charge is -2.19. The summed E-state index contributed by atoms with van der Waals surface area (Å²) in [6, 6.07) is 14.1. The maximum atomic E-state index is 8.27. The van der Waals surface area contributed by atoms with Crippen LogP contribution in [0, 0.1) is 5.41 Å². The normalized spacial score (nSPS) is 13.9. The van der Waals surface area contributed by atoms with Crippen molar-refractivity contribution in [3.8, 4) is 0 Å². The van der Waals surface area contributed by atoms with Gasteiger partial charge in [0.15, 0.2) is 0 Å². The van der Waals surface area contributed by atoms with Crippen molar-refractivity contribution in [3.05, 3.63) is 62.5 Å². The lowest BCUT2D eigenvalue weighted by atomic mass is 10.1. The molecule has 0 saturated heterocycles. The SMILES string of the molecule is N=C1c2ccccc2CN1c1ccc(Br)cc1Br. The van der Waals surface area contributed by atoms with Gasteiger partial charge >= 0.3 is 0 Å². The number of hydrogen-bond donors (Lipinski definition) is 1. The predicted octanol–water partition coefficient (Wildman–Crippen LogP) is 4.56. The molecule has 2 aromatic rings. The summed E-state index contributed by atoms with van der Waals surface area (Å²) in [5.74, 6) is 0.564. The highest BCUT2D eigenvalue weighted by Crippen LogP contribution is 2.34. The average Bonchev–Trinajstić information content (AvgIpc) is 2.68. The smallest absolute Gasteiger partial charge is 0.133 e. The summed E-state index contributed by atoms with van der Waals surface area (Å²) >= 11 is 7.01. The van der Waals surface area contributed by atoms with Crippen LogP contribution in [0.4, 0.5) is 5.69 Å². The molecule has 0 aliphatic carbocycles. The van der Waals surface area contributed by atoms with Crippen LogP contribution in [-0.2, 0) is 6.54 Å². The Hall–Kier alpha value is -1.13. The molecule has 0 atom stereocenters. The van der Waals surface area contributed by atoms with Crippen molar-refractivity contribution in [2.45, 2.75) is 6.54 Å². The molecule has 1 N–H and O–H groups in total. The van der Waals surface area contributed by atoms with Crippen molar-refractivity contribution in [3.63, 3.8) is 0 Å². The van der Waals surface area contributed by atoms with Gasteiger partial charge in [0.1, 0.15) is 5.84 Å². The van der Waals surface area contributed by atoms with E-state index in [4.69, 9.17) is 5.41 Å². The van der Waals surface area contributed by atoms with E-state index in [1.54, 1.807) is 0 Å². The first-order chi connectivity index (χ1) is 8.66. The molecule has 0 bridgehead atoms. The summed E-state index contributed by atoms with van der Waals surface area (Å²) < 4.78 is 2.02. The zero-order valence-corrected chi connectivity index (χ0v) is 12.6. The molecule has 1 aliphatic rings. The Kier molecular flexibility index (Phi) is 2.99. The number of nitrogens with zero attached hydrogens (tertiary/aromatic N) is 1. The fraction of sp³-hybridized carbons (Fsp3) is 0.0714. The van der Waals surface area contributed by atoms with E-state index in [1.165, 1.54) is 5.56 Å². The molecule has 3 rings (SSSR count). The Balaban J connectivity index is 2.04. The minimum atomic E-state index is 0.564. The molecule has 0 saturated carbocycles. The maximum Gasteiger partial charge on any atom is 0.133 e. The summed E-state index contributed by atoms with van der Waals surface area (Å²) in [6.07, 6.45) is 0. The predicted molar refractivity (Wildman–Crippen MR) is 81.3 cm³/mol. The van der Waals surface area contributed by atoms with Gasteiger partial charge in [-0.1, -0.05) is 40.2 Å². The quantitative estimate of drug-likeness (QED) is 0.788. The lowest BCUT2D eigenvalue weighted by Crippen LogP contribution is -2.23. The van der Waals surface area contributed by atoms with Crippen LogP contribution in [0.25, 0.3) is 0 Å². The second-order valence-electron chi connectivity index (χ2n) is 4.19. The van der Waals surface area contributed by atoms with Crippen LogP contribution in [0.15, 0.2) is 51.4 Å². The number of amidine groups is 1. The second kappa shape index (κ2) is 4.52. The van der Waals surface area contributed by atoms with Gasteiger partial charge in [-0.25, -0.2) is 0 Å². The van der Waals surface area contributed by atoms with E-state index in [1.807, 2.05) is 41.3 Å². The zero-order valence-electron chi connectivity index (χ0n) is 9.45. The summed E-state index contributed by atoms with van der Waals surface area (Å²) in [5.41, 5.74) is 3.25. The van der Waals surface area contributed by atoms with Crippen molar-refractivity contribution in [1.29, 1.82) is 5.41 Å². The van der Waals surface area contributed by atoms with Crippen LogP contribution in [0.1, 0.15) is 11.1 Å². The first kappa shape index (κ1) is 11.9. The maximum absolute atomic E-state index is 8.27. The van der Waals surface area contributed by atoms with E-state index >= 15 is 0 Å². The fourth-order valence-corrected chi connectivity index (χ4v) is 3.45. The van der Waals surface area contributed by atoms with Gasteiger partial charge in [0, 0.05) is 14.5 Å². The molecule has 0 unspecified atom stereocenters. The molecule has 1 heterocycles. The molecule has 0 aromatic heterocycles. The van der Waals surface area contributed by atoms with Gasteiger partial charge in [-0.15, -0.1) is 0 Å². The lowest BCUT2D eigenvalue weighted by molar-refractivity contribution is 1.04. The number of halogens is 2. The topological polar surface area (TPSA) is 27.1 Å². The number of fused-ring (bicyclic) bond motifs is 1. The summed E-state index contributed by atoms with van der Waals surface area (Å²) in [5, 5.41) is 8.27. The number of benzene rings is 2. The highest BCUT2D eigenvalue weighted by molar-refractivity contribution is 9.11. The van der Waals surface area contributed by atoms with Crippen LogP contribution >= 0.6 is 31.9 Å². The highest BCUT2D eigenvalue weighted by atomic mass is 79.9. The third-order valence-corrected chi connectivity index (χ3v) is 4.20. The van der Waals surface area contributed by atoms with Gasteiger partial charge in [-0.3, -0.25) is 5.41 Å². The van der Waals surface area contributed by atoms with Gasteiger partial charge in [-0.2, -0.15) is 0 Å². The van der Waals surface area contributed by atoms with E-state index < -0.39 is 0 Å². The standard InChI is InChI=1S/C14H10Br2N2/c15-10-5-6-13(12(16)7-10)18-8-9-3-1-2-4-11(9)14(18)17/h1-7,17H,8H2. The largest absolute Gasteiger partial charge is 0.321 e. The Morgan fingerprint density at radius 2 is 1.83 bits per heavy atom. The minimum absolute atomic E-state index is 0.564. The molecule has 90 valence electrons. The zero-order chi connectivity index (χ0) is 12.7. The molecule has 0 spiro atoms. The van der Waals surface area contributed by atoms with Crippen LogP contribution in [0.2, 0.25) is 0 Å². The molecule has 2 aromatic carbocycles. The molecule has 4 heteroatoms. The van der Waals surface area contributed by atoms with Gasteiger partial charge < -0.3 is 4.90 Å². The molecular formula is C14H10Br2N2. The number of hydrogen-bond acceptors (Lipinski definition) is 1. The van der Waals surface area contributed by atoms with E-state index in [0.717, 1.165) is 26.7 Å². The fourth-order valence-electron chi connectivity index (χ4n) is 2.19. The molecular weight excluding hydrogens is 356 g/mol. The monoisotopic (exact) mass is 364 g/mol. The molecule has 18 heavy (non-hydrogen) atoms. The van der Waals surface area contributed by atoms with E-state index in [2.05, 4.69) is 37.9 Å². The van der Waals surface area contributed by atoms with Crippen LogP contribution in [0.5, 0.6) is 0 Å². The van der Waals surface area contributed by atoms with Crippen molar-refractivity contribution < 1.29 is 0 Å². The number of rotatable bonds is 1. The summed E-state index contributed by atoms with van der Waals surface area (Å²) in [6.45, 7) is 0.759. The number of anilines is 1. The van der Waals surface area contributed by atoms with Crippen molar-refractivity contribution in [2.75, 3.05) is 4.90 Å². The number of nitrogens with one attached hydrogen (secondary N) is 1. The molecule has 0 radical (unpaired) electrons. The van der Waals surface area contributed by atoms with E-state index in [-0.39, 0.29) is 0 Å². The Morgan fingerprint density at radius 1 is 1.06 bits per heavy atom. The van der Waals surface area contributed by atoms with Gasteiger partial charge in [0.2, 0.25) is 0 Å². The van der Waals surface area contributed by atoms with E-state index in [0.29, 0.717) is 5.84 Å². The summed E-state index contributed by atoms with van der Waals surface area (Å²) in [4.78, 5) is 2.02. The van der Waals surface area contributed by atoms with E-state index in [9.17, 15) is 0 Å². The first-order valence-electron chi connectivity index (χ1n) is 5.56. The molecule has 0 fully saturated rings. The van der Waals surface area contributed by atoms with Crippen LogP contribution in [0.3, 0.4) is 0 Å². The first-order valence-corrected chi connectivity index (χ1v) is 7.15. The van der Waals surface area contributed by atoms with Gasteiger partial charge in [0.05, 0.1) is 12.2 Å². The molecule has 1 aliphatic heterocycles. The highest BCUT2D eigenvalue weighted by Gasteiger charge is 2.25. The molecule has 0 amide bonds. The third-order valence-electron chi connectivity index (χ3n) is 3.07.